The van der Waals surface area contributed by atoms with Gasteiger partial charge in [-0.05, 0) is 95.7 Å². The van der Waals surface area contributed by atoms with Gasteiger partial charge in [0.15, 0.2) is 38.0 Å². The van der Waals surface area contributed by atoms with Crippen LogP contribution in [0.1, 0.15) is 109 Å². The summed E-state index contributed by atoms with van der Waals surface area (Å²) in [6.07, 6.45) is -1.47. The number of ether oxygens (including phenoxy) is 4. The summed E-state index contributed by atoms with van der Waals surface area (Å²) < 4.78 is 78.2. The first-order valence-corrected chi connectivity index (χ1v) is 35.7. The first kappa shape index (κ1) is 61.5. The molecule has 1 fully saturated rings. The minimum absolute atomic E-state index is 0.0665. The standard InChI is InChI=1S/C60H90O10SSi3/c1-45-51(68-60(13,14)67-45)41-52(65-44-64-42-46-31-23-19-24-32-46)53(69-72(15,16)56(2,3)4)50(39-40-66-74(58(8,9)10,48-35-27-21-28-36-48)49-37-29-22-30-38-49)54(70-73(17,18)57(5,6)7)55(61)59(11,12)43-71(62,63)47-33-25-20-26-34-47/h19-39,45,51-54H,40-44H2,1-18H3/b50-39+/t45-,51-,52-,53+,54+/m1/s1. The molecule has 4 aromatic carbocycles. The van der Waals surface area contributed by atoms with Crippen molar-refractivity contribution in [2.75, 3.05) is 19.2 Å². The monoisotopic (exact) mass is 1090 g/mol. The molecule has 1 aliphatic rings. The molecule has 408 valence electrons. The van der Waals surface area contributed by atoms with Crippen LogP contribution in [-0.4, -0.2) is 94.6 Å². The van der Waals surface area contributed by atoms with Gasteiger partial charge >= 0.3 is 0 Å². The van der Waals surface area contributed by atoms with Crippen LogP contribution in [0.4, 0.5) is 0 Å². The van der Waals surface area contributed by atoms with Crippen molar-refractivity contribution in [2.45, 2.75) is 192 Å². The molecule has 0 amide bonds. The highest BCUT2D eigenvalue weighted by Gasteiger charge is 2.53. The Bertz CT molecular complexity index is 2510. The minimum atomic E-state index is -3.96. The van der Waals surface area contributed by atoms with Gasteiger partial charge in [-0.1, -0.05) is 191 Å². The van der Waals surface area contributed by atoms with E-state index in [1.807, 2.05) is 69.3 Å². The Morgan fingerprint density at radius 2 is 1.15 bits per heavy atom. The molecule has 0 aromatic heterocycles. The highest BCUT2D eigenvalue weighted by atomic mass is 32.2. The van der Waals surface area contributed by atoms with E-state index in [0.29, 0.717) is 18.6 Å². The molecule has 0 aliphatic carbocycles. The predicted octanol–water partition coefficient (Wildman–Crippen LogP) is 12.8. The zero-order valence-electron chi connectivity index (χ0n) is 48.0. The van der Waals surface area contributed by atoms with E-state index < -0.39 is 76.2 Å². The van der Waals surface area contributed by atoms with Crippen LogP contribution in [0.25, 0.3) is 0 Å². The second-order valence-electron chi connectivity index (χ2n) is 25.3. The normalized spacial score (nSPS) is 18.8. The lowest BCUT2D eigenvalue weighted by Crippen LogP contribution is -2.66. The third-order valence-corrected chi connectivity index (χ3v) is 31.4. The minimum Gasteiger partial charge on any atom is -0.407 e. The smallest absolute Gasteiger partial charge is 0.261 e. The number of hydrogen-bond donors (Lipinski definition) is 0. The van der Waals surface area contributed by atoms with Crippen LogP contribution in [0.15, 0.2) is 138 Å². The van der Waals surface area contributed by atoms with Gasteiger partial charge in [0.2, 0.25) is 0 Å². The first-order valence-electron chi connectivity index (χ1n) is 26.4. The molecule has 5 rings (SSSR count). The van der Waals surface area contributed by atoms with E-state index in [1.165, 1.54) is 0 Å². The van der Waals surface area contributed by atoms with Gasteiger partial charge in [0.25, 0.3) is 8.32 Å². The lowest BCUT2D eigenvalue weighted by atomic mass is 9.82. The van der Waals surface area contributed by atoms with Crippen LogP contribution in [0.5, 0.6) is 0 Å². The van der Waals surface area contributed by atoms with Crippen LogP contribution in [-0.2, 0) is 53.5 Å². The summed E-state index contributed by atoms with van der Waals surface area (Å²) in [7, 11) is -12.9. The first-order chi connectivity index (χ1) is 34.1. The van der Waals surface area contributed by atoms with E-state index in [1.54, 1.807) is 44.2 Å². The Hall–Kier alpha value is -3.39. The Labute approximate surface area is 449 Å². The van der Waals surface area contributed by atoms with Crippen molar-refractivity contribution in [2.24, 2.45) is 5.41 Å². The molecule has 1 aliphatic heterocycles. The Kier molecular flexibility index (Phi) is 20.0. The number of hydrogen-bond acceptors (Lipinski definition) is 10. The van der Waals surface area contributed by atoms with Gasteiger partial charge in [0.1, 0.15) is 12.9 Å². The summed E-state index contributed by atoms with van der Waals surface area (Å²) in [4.78, 5) is 16.4. The molecule has 0 radical (unpaired) electrons. The number of rotatable bonds is 24. The molecule has 0 saturated carbocycles. The largest absolute Gasteiger partial charge is 0.407 e. The van der Waals surface area contributed by atoms with Crippen molar-refractivity contribution < 1.29 is 45.4 Å². The number of carbonyl (C=O) groups excluding carboxylic acids is 1. The molecule has 5 atom stereocenters. The third-order valence-electron chi connectivity index (χ3n) is 15.4. The second kappa shape index (κ2) is 24.1. The summed E-state index contributed by atoms with van der Waals surface area (Å²) in [6, 6.07) is 39.2. The van der Waals surface area contributed by atoms with E-state index in [9.17, 15) is 8.42 Å². The molecule has 1 heterocycles. The number of sulfone groups is 1. The van der Waals surface area contributed by atoms with Crippen LogP contribution < -0.4 is 10.4 Å². The lowest BCUT2D eigenvalue weighted by Gasteiger charge is -2.46. The molecular formula is C60H90O10SSi3. The lowest BCUT2D eigenvalue weighted by molar-refractivity contribution is -0.158. The topological polar surface area (TPSA) is 116 Å². The van der Waals surface area contributed by atoms with Crippen LogP contribution in [0, 0.1) is 5.41 Å². The summed E-state index contributed by atoms with van der Waals surface area (Å²) in [5, 5.41) is 1.17. The predicted molar refractivity (Wildman–Crippen MR) is 308 cm³/mol. The molecular weight excluding hydrogens is 997 g/mol. The SMILES string of the molecule is C[C@H]1OC(C)(C)O[C@@H]1C[C@@H](OCOCc1ccccc1)[C@@H](O[Si](C)(C)C(C)(C)C)/C(=C\CO[Si](c1ccccc1)(c1ccccc1)C(C)(C)C)[C@H](O[Si](C)(C)C(C)(C)C)C(=O)C(C)(C)CS(=O)(=O)c1ccccc1. The maximum Gasteiger partial charge on any atom is 0.261 e. The summed E-state index contributed by atoms with van der Waals surface area (Å²) in [5.74, 6) is -1.70. The quantitative estimate of drug-likeness (QED) is 0.0291. The van der Waals surface area contributed by atoms with Gasteiger partial charge < -0.3 is 32.2 Å². The van der Waals surface area contributed by atoms with E-state index in [0.717, 1.165) is 15.9 Å². The number of ketones is 1. The molecule has 1 saturated heterocycles. The fourth-order valence-electron chi connectivity index (χ4n) is 9.23. The Balaban J connectivity index is 1.84. The van der Waals surface area contributed by atoms with Crippen LogP contribution in [0.2, 0.25) is 41.3 Å². The summed E-state index contributed by atoms with van der Waals surface area (Å²) in [6.45, 7) is 37.9. The summed E-state index contributed by atoms with van der Waals surface area (Å²) >= 11 is 0. The zero-order valence-corrected chi connectivity index (χ0v) is 51.9. The van der Waals surface area contributed by atoms with Gasteiger partial charge in [0, 0.05) is 11.8 Å². The van der Waals surface area contributed by atoms with E-state index >= 15 is 4.79 Å². The van der Waals surface area contributed by atoms with Crippen molar-refractivity contribution in [1.82, 2.24) is 0 Å². The van der Waals surface area contributed by atoms with Gasteiger partial charge in [-0.15, -0.1) is 0 Å². The molecule has 10 nitrogen and oxygen atoms in total. The van der Waals surface area contributed by atoms with Crippen molar-refractivity contribution in [3.05, 3.63) is 139 Å². The van der Waals surface area contributed by atoms with Crippen molar-refractivity contribution in [1.29, 1.82) is 0 Å². The van der Waals surface area contributed by atoms with Gasteiger partial charge in [-0.3, -0.25) is 4.79 Å². The number of carbonyl (C=O) groups is 1. The molecule has 74 heavy (non-hydrogen) atoms. The van der Waals surface area contributed by atoms with Crippen molar-refractivity contribution in [3.8, 4) is 0 Å². The maximum absolute atomic E-state index is 16.3. The molecule has 0 unspecified atom stereocenters. The Morgan fingerprint density at radius 1 is 0.676 bits per heavy atom. The Morgan fingerprint density at radius 3 is 1.61 bits per heavy atom. The van der Waals surface area contributed by atoms with Crippen LogP contribution in [0.3, 0.4) is 0 Å². The van der Waals surface area contributed by atoms with Gasteiger partial charge in [-0.2, -0.15) is 0 Å². The average molecular weight is 1090 g/mol. The van der Waals surface area contributed by atoms with E-state index in [4.69, 9.17) is 32.2 Å². The maximum atomic E-state index is 16.3. The van der Waals surface area contributed by atoms with Crippen LogP contribution >= 0.6 is 0 Å². The highest BCUT2D eigenvalue weighted by Crippen LogP contribution is 2.45. The summed E-state index contributed by atoms with van der Waals surface area (Å²) in [5.41, 5.74) is 0.0514. The fraction of sp³-hybridized carbons (Fsp3) is 0.550. The molecule has 0 spiro atoms. The average Bonchev–Trinajstić information content (AvgIpc) is 3.57. The zero-order chi connectivity index (χ0) is 55.2. The number of Topliss-reactive ketones (excluding diaryl/α,β-unsaturated/α-hetero) is 1. The molecule has 0 N–H and O–H groups in total. The molecule has 14 heteroatoms. The fourth-order valence-corrected chi connectivity index (χ4v) is 18.0. The van der Waals surface area contributed by atoms with E-state index in [-0.39, 0.29) is 45.3 Å². The number of benzene rings is 4. The highest BCUT2D eigenvalue weighted by molar-refractivity contribution is 7.91. The van der Waals surface area contributed by atoms with Crippen molar-refractivity contribution >= 4 is 50.9 Å². The molecule has 0 bridgehead atoms. The van der Waals surface area contributed by atoms with Crippen molar-refractivity contribution in [3.63, 3.8) is 0 Å². The third kappa shape index (κ3) is 15.2. The van der Waals surface area contributed by atoms with Gasteiger partial charge in [-0.25, -0.2) is 8.42 Å². The molecule has 4 aromatic rings. The van der Waals surface area contributed by atoms with Gasteiger partial charge in [0.05, 0.1) is 48.3 Å². The van der Waals surface area contributed by atoms with E-state index in [2.05, 4.69) is 137 Å². The second-order valence-corrected chi connectivity index (χ2v) is 41.1.